The van der Waals surface area contributed by atoms with Crippen LogP contribution in [0.5, 0.6) is 0 Å². The summed E-state index contributed by atoms with van der Waals surface area (Å²) in [7, 11) is 0. The molecule has 1 fully saturated rings. The van der Waals surface area contributed by atoms with E-state index in [2.05, 4.69) is 41.1 Å². The van der Waals surface area contributed by atoms with Gasteiger partial charge in [0.1, 0.15) is 0 Å². The Morgan fingerprint density at radius 2 is 2.00 bits per heavy atom. The van der Waals surface area contributed by atoms with Crippen LogP contribution in [-0.4, -0.2) is 13.2 Å². The Morgan fingerprint density at radius 3 is 2.64 bits per heavy atom. The zero-order valence-electron chi connectivity index (χ0n) is 8.13. The summed E-state index contributed by atoms with van der Waals surface area (Å²) in [4.78, 5) is 0. The summed E-state index contributed by atoms with van der Waals surface area (Å²) in [6.07, 6.45) is 0.810. The van der Waals surface area contributed by atoms with Gasteiger partial charge in [-0.05, 0) is 25.0 Å². The molecule has 0 N–H and O–H groups in total. The lowest BCUT2D eigenvalue weighted by Crippen LogP contribution is -2.17. The van der Waals surface area contributed by atoms with Crippen LogP contribution in [0.15, 0.2) is 22.7 Å². The van der Waals surface area contributed by atoms with Crippen LogP contribution in [0.1, 0.15) is 23.8 Å². The Bertz CT molecular complexity index is 319. The Kier molecular flexibility index (Phi) is 3.21. The predicted molar refractivity (Wildman–Crippen MR) is 58.1 cm³/mol. The molecule has 1 aliphatic heterocycles. The van der Waals surface area contributed by atoms with E-state index in [1.807, 2.05) is 0 Å². The fraction of sp³-hybridized carbons (Fsp3) is 0.455. The highest BCUT2D eigenvalue weighted by Crippen LogP contribution is 2.26. The minimum absolute atomic E-state index is 0.180. The van der Waals surface area contributed by atoms with Gasteiger partial charge in [-0.2, -0.15) is 0 Å². The van der Waals surface area contributed by atoms with E-state index in [9.17, 15) is 0 Å². The van der Waals surface area contributed by atoms with E-state index in [-0.39, 0.29) is 6.29 Å². The van der Waals surface area contributed by atoms with E-state index >= 15 is 0 Å². The fourth-order valence-corrected chi connectivity index (χ4v) is 1.83. The van der Waals surface area contributed by atoms with Crippen LogP contribution in [0.3, 0.4) is 0 Å². The smallest absolute Gasteiger partial charge is 0.183 e. The van der Waals surface area contributed by atoms with Crippen LogP contribution in [0.4, 0.5) is 0 Å². The van der Waals surface area contributed by atoms with Crippen LogP contribution in [0.2, 0.25) is 0 Å². The lowest BCUT2D eigenvalue weighted by atomic mass is 10.1. The Balaban J connectivity index is 2.18. The maximum atomic E-state index is 5.52. The van der Waals surface area contributed by atoms with Crippen molar-refractivity contribution < 1.29 is 9.47 Å². The van der Waals surface area contributed by atoms with E-state index in [0.29, 0.717) is 0 Å². The molecule has 76 valence electrons. The molecule has 3 heteroatoms. The summed E-state index contributed by atoms with van der Waals surface area (Å²) in [6, 6.07) is 6.18. The van der Waals surface area contributed by atoms with E-state index in [4.69, 9.17) is 9.47 Å². The summed E-state index contributed by atoms with van der Waals surface area (Å²) >= 11 is 3.50. The van der Waals surface area contributed by atoms with Crippen molar-refractivity contribution in [1.82, 2.24) is 0 Å². The molecule has 0 bridgehead atoms. The number of aryl methyl sites for hydroxylation is 1. The molecule has 1 heterocycles. The third kappa shape index (κ3) is 2.16. The van der Waals surface area contributed by atoms with Crippen molar-refractivity contribution in [3.05, 3.63) is 33.8 Å². The number of benzene rings is 1. The van der Waals surface area contributed by atoms with Crippen molar-refractivity contribution >= 4 is 15.9 Å². The molecule has 0 aliphatic carbocycles. The van der Waals surface area contributed by atoms with E-state index in [1.54, 1.807) is 0 Å². The first-order valence-electron chi connectivity index (χ1n) is 4.76. The summed E-state index contributed by atoms with van der Waals surface area (Å²) < 4.78 is 12.1. The number of halogens is 1. The van der Waals surface area contributed by atoms with Gasteiger partial charge in [0.15, 0.2) is 6.29 Å². The molecule has 1 saturated heterocycles. The molecule has 0 saturated carbocycles. The van der Waals surface area contributed by atoms with Crippen molar-refractivity contribution in [3.8, 4) is 0 Å². The fourth-order valence-electron chi connectivity index (χ4n) is 1.44. The first-order chi connectivity index (χ1) is 6.77. The number of hydrogen-bond acceptors (Lipinski definition) is 2. The standard InChI is InChI=1S/C11H13BrO2/c1-8-3-4-9(7-10(8)12)11-13-5-2-6-14-11/h3-4,7,11H,2,5-6H2,1H3. The summed E-state index contributed by atoms with van der Waals surface area (Å²) in [5.41, 5.74) is 2.31. The molecule has 1 aromatic carbocycles. The van der Waals surface area contributed by atoms with Crippen molar-refractivity contribution in [1.29, 1.82) is 0 Å². The van der Waals surface area contributed by atoms with E-state index in [1.165, 1.54) is 5.56 Å². The van der Waals surface area contributed by atoms with Crippen molar-refractivity contribution in [3.63, 3.8) is 0 Å². The maximum absolute atomic E-state index is 5.52. The Hall–Kier alpha value is -0.380. The molecular formula is C11H13BrO2. The Labute approximate surface area is 92.3 Å². The van der Waals surface area contributed by atoms with Gasteiger partial charge in [0.25, 0.3) is 0 Å². The third-order valence-corrected chi connectivity index (χ3v) is 3.15. The van der Waals surface area contributed by atoms with Gasteiger partial charge < -0.3 is 9.47 Å². The number of rotatable bonds is 1. The zero-order chi connectivity index (χ0) is 9.97. The second-order valence-electron chi connectivity index (χ2n) is 3.44. The largest absolute Gasteiger partial charge is 0.348 e. The molecule has 2 rings (SSSR count). The lowest BCUT2D eigenvalue weighted by Gasteiger charge is -2.23. The summed E-state index contributed by atoms with van der Waals surface area (Å²) in [5.74, 6) is 0. The van der Waals surface area contributed by atoms with Gasteiger partial charge in [0, 0.05) is 10.0 Å². The molecule has 14 heavy (non-hydrogen) atoms. The lowest BCUT2D eigenvalue weighted by molar-refractivity contribution is -0.183. The maximum Gasteiger partial charge on any atom is 0.183 e. The van der Waals surface area contributed by atoms with Gasteiger partial charge in [0.2, 0.25) is 0 Å². The summed E-state index contributed by atoms with van der Waals surface area (Å²) in [6.45, 7) is 3.64. The Morgan fingerprint density at radius 1 is 1.29 bits per heavy atom. The van der Waals surface area contributed by atoms with Crippen LogP contribution in [0.25, 0.3) is 0 Å². The average Bonchev–Trinajstić information content (AvgIpc) is 2.23. The van der Waals surface area contributed by atoms with Crippen LogP contribution in [0, 0.1) is 6.92 Å². The third-order valence-electron chi connectivity index (χ3n) is 2.30. The van der Waals surface area contributed by atoms with Crippen molar-refractivity contribution in [2.24, 2.45) is 0 Å². The molecule has 0 amide bonds. The van der Waals surface area contributed by atoms with Crippen LogP contribution >= 0.6 is 15.9 Å². The summed E-state index contributed by atoms with van der Waals surface area (Å²) in [5, 5.41) is 0. The molecule has 0 radical (unpaired) electrons. The van der Waals surface area contributed by atoms with Crippen molar-refractivity contribution in [2.45, 2.75) is 19.6 Å². The highest BCUT2D eigenvalue weighted by molar-refractivity contribution is 9.10. The van der Waals surface area contributed by atoms with Gasteiger partial charge >= 0.3 is 0 Å². The normalized spacial score (nSPS) is 18.4. The highest BCUT2D eigenvalue weighted by Gasteiger charge is 2.16. The minimum Gasteiger partial charge on any atom is -0.348 e. The monoisotopic (exact) mass is 256 g/mol. The first kappa shape index (κ1) is 10.1. The number of hydrogen-bond donors (Lipinski definition) is 0. The second kappa shape index (κ2) is 4.43. The first-order valence-corrected chi connectivity index (χ1v) is 5.56. The van der Waals surface area contributed by atoms with E-state index < -0.39 is 0 Å². The van der Waals surface area contributed by atoms with Gasteiger partial charge in [-0.25, -0.2) is 0 Å². The quantitative estimate of drug-likeness (QED) is 0.769. The zero-order valence-corrected chi connectivity index (χ0v) is 9.71. The van der Waals surface area contributed by atoms with Gasteiger partial charge in [0.05, 0.1) is 13.2 Å². The van der Waals surface area contributed by atoms with Gasteiger partial charge in [-0.15, -0.1) is 0 Å². The van der Waals surface area contributed by atoms with Crippen molar-refractivity contribution in [2.75, 3.05) is 13.2 Å². The van der Waals surface area contributed by atoms with Gasteiger partial charge in [-0.3, -0.25) is 0 Å². The number of ether oxygens (including phenoxy) is 2. The average molecular weight is 257 g/mol. The molecule has 0 unspecified atom stereocenters. The molecule has 2 nitrogen and oxygen atoms in total. The molecule has 1 aliphatic rings. The van der Waals surface area contributed by atoms with Gasteiger partial charge in [-0.1, -0.05) is 28.1 Å². The van der Waals surface area contributed by atoms with E-state index in [0.717, 1.165) is 29.7 Å². The molecule has 0 aromatic heterocycles. The second-order valence-corrected chi connectivity index (χ2v) is 4.29. The minimum atomic E-state index is -0.180. The molecule has 0 atom stereocenters. The highest BCUT2D eigenvalue weighted by atomic mass is 79.9. The topological polar surface area (TPSA) is 18.5 Å². The molecule has 0 spiro atoms. The molecular weight excluding hydrogens is 244 g/mol. The molecule has 1 aromatic rings. The van der Waals surface area contributed by atoms with Crippen LogP contribution in [-0.2, 0) is 9.47 Å². The predicted octanol–water partition coefficient (Wildman–Crippen LogP) is 3.19. The SMILES string of the molecule is Cc1ccc(C2OCCCO2)cc1Br. The van der Waals surface area contributed by atoms with Crippen LogP contribution < -0.4 is 0 Å².